The van der Waals surface area contributed by atoms with Gasteiger partial charge in [-0.05, 0) is 55.5 Å². The minimum absolute atomic E-state index is 0.0133. The third kappa shape index (κ3) is 3.10. The molecule has 0 aliphatic carbocycles. The van der Waals surface area contributed by atoms with E-state index in [0.29, 0.717) is 0 Å². The van der Waals surface area contributed by atoms with Crippen LogP contribution in [0.15, 0.2) is 44.0 Å². The molecule has 16 heavy (non-hydrogen) atoms. The monoisotopic (exact) mass is 378 g/mol. The van der Waals surface area contributed by atoms with Gasteiger partial charge in [0.25, 0.3) is 0 Å². The van der Waals surface area contributed by atoms with Gasteiger partial charge in [0, 0.05) is 0 Å². The highest BCUT2D eigenvalue weighted by Crippen LogP contribution is 2.39. The first-order valence-corrected chi connectivity index (χ1v) is 7.63. The number of hydrogen-bond donors (Lipinski definition) is 0. The highest BCUT2D eigenvalue weighted by Gasteiger charge is 2.15. The molecule has 0 amide bonds. The minimum atomic E-state index is 0.0133. The Labute approximate surface area is 121 Å². The van der Waals surface area contributed by atoms with Gasteiger partial charge in [-0.2, -0.15) is 0 Å². The number of halogens is 3. The Morgan fingerprint density at radius 2 is 1.88 bits per heavy atom. The summed E-state index contributed by atoms with van der Waals surface area (Å²) in [6.45, 7) is 0. The first-order valence-electron chi connectivity index (χ1n) is 4.79. The van der Waals surface area contributed by atoms with Gasteiger partial charge in [0.1, 0.15) is 0 Å². The first kappa shape index (κ1) is 12.6. The number of thiophene rings is 1. The average molecular weight is 381 g/mol. The normalized spacial score (nSPS) is 12.7. The molecule has 0 radical (unpaired) electrons. The van der Waals surface area contributed by atoms with Crippen LogP contribution in [0.2, 0.25) is 0 Å². The topological polar surface area (TPSA) is 0 Å². The second-order valence-corrected chi connectivity index (χ2v) is 7.71. The molecular weight excluding hydrogens is 371 g/mol. The summed E-state index contributed by atoms with van der Waals surface area (Å²) in [5.41, 5.74) is 2.42. The largest absolute Gasteiger partial charge is 0.121 e. The fourth-order valence-corrected chi connectivity index (χ4v) is 5.02. The summed E-state index contributed by atoms with van der Waals surface area (Å²) in [4.78, 5) is 0. The maximum absolute atomic E-state index is 6.42. The quantitative estimate of drug-likeness (QED) is 0.591. The van der Waals surface area contributed by atoms with Crippen molar-refractivity contribution in [2.75, 3.05) is 0 Å². The fraction of sp³-hybridized carbons (Fsp3) is 0.167. The van der Waals surface area contributed by atoms with Gasteiger partial charge in [-0.15, -0.1) is 22.9 Å². The first-order chi connectivity index (χ1) is 7.66. The number of rotatable bonds is 3. The maximum Gasteiger partial charge on any atom is 0.0757 e. The summed E-state index contributed by atoms with van der Waals surface area (Å²) < 4.78 is 2.21. The van der Waals surface area contributed by atoms with Crippen LogP contribution in [-0.2, 0) is 6.42 Å². The van der Waals surface area contributed by atoms with E-state index in [2.05, 4.69) is 50.1 Å². The molecule has 2 rings (SSSR count). The molecule has 0 bridgehead atoms. The van der Waals surface area contributed by atoms with E-state index >= 15 is 0 Å². The lowest BCUT2D eigenvalue weighted by atomic mass is 10.1. The lowest BCUT2D eigenvalue weighted by Crippen LogP contribution is -1.94. The average Bonchev–Trinajstić information content (AvgIpc) is 2.59. The third-order valence-electron chi connectivity index (χ3n) is 2.28. The van der Waals surface area contributed by atoms with Crippen molar-refractivity contribution in [3.05, 3.63) is 55.1 Å². The summed E-state index contributed by atoms with van der Waals surface area (Å²) >= 11 is 15.1. The summed E-state index contributed by atoms with van der Waals surface area (Å²) in [5, 5.41) is 0.0133. The van der Waals surface area contributed by atoms with Crippen molar-refractivity contribution in [1.29, 1.82) is 0 Å². The Morgan fingerprint density at radius 3 is 2.44 bits per heavy atom. The van der Waals surface area contributed by atoms with Crippen molar-refractivity contribution in [3.8, 4) is 0 Å². The molecule has 0 N–H and O–H groups in total. The van der Waals surface area contributed by atoms with E-state index in [1.165, 1.54) is 5.56 Å². The van der Waals surface area contributed by atoms with E-state index in [4.69, 9.17) is 11.6 Å². The maximum atomic E-state index is 6.42. The van der Waals surface area contributed by atoms with E-state index in [0.717, 1.165) is 19.6 Å². The van der Waals surface area contributed by atoms with Crippen LogP contribution in [0.3, 0.4) is 0 Å². The zero-order chi connectivity index (χ0) is 11.5. The van der Waals surface area contributed by atoms with Gasteiger partial charge in [0.05, 0.1) is 12.9 Å². The van der Waals surface area contributed by atoms with Gasteiger partial charge in [0.2, 0.25) is 0 Å². The highest BCUT2D eigenvalue weighted by molar-refractivity contribution is 9.12. The van der Waals surface area contributed by atoms with E-state index in [1.807, 2.05) is 18.2 Å². The molecule has 0 saturated carbocycles. The lowest BCUT2D eigenvalue weighted by Gasteiger charge is -2.08. The molecule has 0 aliphatic rings. The van der Waals surface area contributed by atoms with Gasteiger partial charge < -0.3 is 0 Å². The van der Waals surface area contributed by atoms with Crippen LogP contribution in [-0.4, -0.2) is 0 Å². The van der Waals surface area contributed by atoms with Crippen LogP contribution in [0.4, 0.5) is 0 Å². The van der Waals surface area contributed by atoms with E-state index < -0.39 is 0 Å². The molecule has 1 aromatic carbocycles. The van der Waals surface area contributed by atoms with Crippen molar-refractivity contribution < 1.29 is 0 Å². The zero-order valence-corrected chi connectivity index (χ0v) is 13.0. The zero-order valence-electron chi connectivity index (χ0n) is 8.29. The van der Waals surface area contributed by atoms with Gasteiger partial charge in [0.15, 0.2) is 0 Å². The molecular formula is C12H9Br2ClS. The minimum Gasteiger partial charge on any atom is -0.121 e. The number of benzene rings is 1. The number of hydrogen-bond acceptors (Lipinski definition) is 1. The summed E-state index contributed by atoms with van der Waals surface area (Å²) in [6, 6.07) is 12.4. The SMILES string of the molecule is ClC(Cc1ccccc1)c1cc(Br)sc1Br. The van der Waals surface area contributed by atoms with Crippen molar-refractivity contribution >= 4 is 54.8 Å². The van der Waals surface area contributed by atoms with E-state index in [1.54, 1.807) is 11.3 Å². The molecule has 1 atom stereocenters. The lowest BCUT2D eigenvalue weighted by molar-refractivity contribution is 0.921. The van der Waals surface area contributed by atoms with Gasteiger partial charge >= 0.3 is 0 Å². The Balaban J connectivity index is 2.14. The molecule has 1 aromatic heterocycles. The molecule has 4 heteroatoms. The Bertz CT molecular complexity index is 467. The Kier molecular flexibility index (Phi) is 4.48. The molecule has 0 spiro atoms. The summed E-state index contributed by atoms with van der Waals surface area (Å²) in [6.07, 6.45) is 0.851. The highest BCUT2D eigenvalue weighted by atomic mass is 79.9. The van der Waals surface area contributed by atoms with E-state index in [9.17, 15) is 0 Å². The van der Waals surface area contributed by atoms with Crippen molar-refractivity contribution in [2.24, 2.45) is 0 Å². The molecule has 0 aliphatic heterocycles. The van der Waals surface area contributed by atoms with Crippen LogP contribution in [0.5, 0.6) is 0 Å². The van der Waals surface area contributed by atoms with E-state index in [-0.39, 0.29) is 5.38 Å². The standard InChI is InChI=1S/C12H9Br2ClS/c13-11-7-9(12(14)16-11)10(15)6-8-4-2-1-3-5-8/h1-5,7,10H,6H2. The summed E-state index contributed by atoms with van der Waals surface area (Å²) in [5.74, 6) is 0. The second-order valence-electron chi connectivity index (χ2n) is 3.44. The second kappa shape index (κ2) is 5.67. The van der Waals surface area contributed by atoms with Crippen LogP contribution in [0.25, 0.3) is 0 Å². The predicted molar refractivity (Wildman–Crippen MR) is 78.5 cm³/mol. The third-order valence-corrected chi connectivity index (χ3v) is 5.05. The fourth-order valence-electron chi connectivity index (χ4n) is 1.50. The van der Waals surface area contributed by atoms with Gasteiger partial charge in [-0.25, -0.2) is 0 Å². The van der Waals surface area contributed by atoms with Crippen LogP contribution < -0.4 is 0 Å². The molecule has 0 nitrogen and oxygen atoms in total. The molecule has 1 heterocycles. The molecule has 84 valence electrons. The molecule has 0 saturated heterocycles. The van der Waals surface area contributed by atoms with Crippen molar-refractivity contribution in [1.82, 2.24) is 0 Å². The van der Waals surface area contributed by atoms with Gasteiger partial charge in [-0.1, -0.05) is 30.3 Å². The Morgan fingerprint density at radius 1 is 1.19 bits per heavy atom. The molecule has 2 aromatic rings. The van der Waals surface area contributed by atoms with Crippen LogP contribution in [0.1, 0.15) is 16.5 Å². The van der Waals surface area contributed by atoms with Gasteiger partial charge in [-0.3, -0.25) is 0 Å². The summed E-state index contributed by atoms with van der Waals surface area (Å²) in [7, 11) is 0. The molecule has 0 fully saturated rings. The molecule has 1 unspecified atom stereocenters. The number of alkyl halides is 1. The predicted octanol–water partition coefficient (Wildman–Crippen LogP) is 5.80. The van der Waals surface area contributed by atoms with Crippen molar-refractivity contribution in [3.63, 3.8) is 0 Å². The van der Waals surface area contributed by atoms with Crippen LogP contribution >= 0.6 is 54.8 Å². The Hall–Kier alpha value is 0.170. The smallest absolute Gasteiger partial charge is 0.0757 e. The van der Waals surface area contributed by atoms with Crippen LogP contribution in [0, 0.1) is 0 Å². The van der Waals surface area contributed by atoms with Crippen molar-refractivity contribution in [2.45, 2.75) is 11.8 Å².